The molecule has 0 saturated heterocycles. The maximum atomic E-state index is 13.0. The van der Waals surface area contributed by atoms with Gasteiger partial charge in [-0.2, -0.15) is 0 Å². The summed E-state index contributed by atoms with van der Waals surface area (Å²) in [4.78, 5) is 66.4. The lowest BCUT2D eigenvalue weighted by Crippen LogP contribution is -2.64. The molecule has 19 heteroatoms. The molecule has 0 radical (unpaired) electrons. The van der Waals surface area contributed by atoms with Crippen LogP contribution in [0.25, 0.3) is 0 Å². The van der Waals surface area contributed by atoms with Gasteiger partial charge in [-0.15, -0.1) is 0 Å². The van der Waals surface area contributed by atoms with Gasteiger partial charge in [-0.1, -0.05) is 119 Å². The SMILES string of the molecule is CCC/C=C\C/C=C\CCCCCCCC(=O)O[C@H](COC(=O)CCCC(=O)/C=C/C=C\C/C=C\C/C=C\CCCCC)COP(=O)(O)O[C@H]1C(O)C(O)C(O)[C@@H](OP(=O)(O)O)C1O. The Labute approximate surface area is 378 Å². The predicted molar refractivity (Wildman–Crippen MR) is 241 cm³/mol. The molecule has 1 rings (SSSR count). The molecule has 7 N–H and O–H groups in total. The van der Waals surface area contributed by atoms with Crippen molar-refractivity contribution >= 4 is 33.4 Å². The van der Waals surface area contributed by atoms with E-state index in [0.29, 0.717) is 12.8 Å². The third-order valence-electron chi connectivity index (χ3n) is 9.71. The summed E-state index contributed by atoms with van der Waals surface area (Å²) >= 11 is 0. The molecule has 0 aromatic rings. The van der Waals surface area contributed by atoms with Crippen molar-refractivity contribution in [1.29, 1.82) is 0 Å². The van der Waals surface area contributed by atoms with Crippen LogP contribution < -0.4 is 0 Å². The minimum absolute atomic E-state index is 0.0261. The zero-order valence-electron chi connectivity index (χ0n) is 37.4. The second-order valence-corrected chi connectivity index (χ2v) is 18.0. The summed E-state index contributed by atoms with van der Waals surface area (Å²) in [6, 6.07) is 0. The highest BCUT2D eigenvalue weighted by atomic mass is 31.2. The largest absolute Gasteiger partial charge is 0.472 e. The van der Waals surface area contributed by atoms with Crippen LogP contribution in [0.15, 0.2) is 72.9 Å². The Morgan fingerprint density at radius 3 is 1.72 bits per heavy atom. The Bertz CT molecular complexity index is 1590. The fourth-order valence-electron chi connectivity index (χ4n) is 6.19. The Morgan fingerprint density at radius 2 is 1.09 bits per heavy atom. The van der Waals surface area contributed by atoms with Gasteiger partial charge in [0.15, 0.2) is 11.9 Å². The van der Waals surface area contributed by atoms with Gasteiger partial charge in [-0.05, 0) is 70.3 Å². The number of carbonyl (C=O) groups is 3. The summed E-state index contributed by atoms with van der Waals surface area (Å²) in [6.07, 6.45) is 23.0. The number of ketones is 1. The van der Waals surface area contributed by atoms with Crippen LogP contribution in [0, 0.1) is 0 Å². The Balaban J connectivity index is 2.72. The molecule has 366 valence electrons. The van der Waals surface area contributed by atoms with E-state index in [9.17, 15) is 48.8 Å². The number of hydrogen-bond acceptors (Lipinski definition) is 14. The Morgan fingerprint density at radius 1 is 0.547 bits per heavy atom. The average Bonchev–Trinajstić information content (AvgIpc) is 3.24. The van der Waals surface area contributed by atoms with E-state index in [-0.39, 0.29) is 31.5 Å². The van der Waals surface area contributed by atoms with Crippen LogP contribution in [0.3, 0.4) is 0 Å². The van der Waals surface area contributed by atoms with Crippen molar-refractivity contribution in [1.82, 2.24) is 0 Å². The summed E-state index contributed by atoms with van der Waals surface area (Å²) in [6.45, 7) is 2.77. The highest BCUT2D eigenvalue weighted by Gasteiger charge is 2.54. The number of aliphatic hydroxyl groups excluding tert-OH is 4. The topological polar surface area (TPSA) is 273 Å². The van der Waals surface area contributed by atoms with Crippen LogP contribution in [-0.2, 0) is 46.6 Å². The molecule has 1 aliphatic rings. The third kappa shape index (κ3) is 29.6. The second-order valence-electron chi connectivity index (χ2n) is 15.4. The fourth-order valence-corrected chi connectivity index (χ4v) is 7.73. The molecule has 1 saturated carbocycles. The molecule has 5 unspecified atom stereocenters. The zero-order chi connectivity index (χ0) is 47.6. The smallest absolute Gasteiger partial charge is 0.462 e. The number of phosphoric acid groups is 2. The molecule has 17 nitrogen and oxygen atoms in total. The summed E-state index contributed by atoms with van der Waals surface area (Å²) in [5.74, 6) is -1.70. The number of hydrogen-bond donors (Lipinski definition) is 7. The van der Waals surface area contributed by atoms with Crippen LogP contribution in [0.4, 0.5) is 0 Å². The number of carbonyl (C=O) groups excluding carboxylic acids is 3. The molecule has 0 heterocycles. The number of allylic oxidation sites excluding steroid dienone is 12. The first kappa shape index (κ1) is 59.1. The zero-order valence-corrected chi connectivity index (χ0v) is 39.2. The lowest BCUT2D eigenvalue weighted by atomic mass is 9.85. The first-order chi connectivity index (χ1) is 30.5. The first-order valence-electron chi connectivity index (χ1n) is 22.4. The predicted octanol–water partition coefficient (Wildman–Crippen LogP) is 7.24. The van der Waals surface area contributed by atoms with Crippen LogP contribution in [0.2, 0.25) is 0 Å². The molecule has 0 aliphatic heterocycles. The fraction of sp³-hybridized carbons (Fsp3) is 0.667. The molecule has 0 aromatic heterocycles. The van der Waals surface area contributed by atoms with Gasteiger partial charge < -0.3 is 44.6 Å². The van der Waals surface area contributed by atoms with Gasteiger partial charge >= 0.3 is 27.6 Å². The van der Waals surface area contributed by atoms with E-state index in [4.69, 9.17) is 28.3 Å². The van der Waals surface area contributed by atoms with E-state index in [1.54, 1.807) is 12.2 Å². The van der Waals surface area contributed by atoms with Crippen molar-refractivity contribution in [3.05, 3.63) is 72.9 Å². The number of rotatable bonds is 36. The summed E-state index contributed by atoms with van der Waals surface area (Å²) in [7, 11) is -10.8. The minimum Gasteiger partial charge on any atom is -0.462 e. The molecule has 1 aliphatic carbocycles. The molecule has 64 heavy (non-hydrogen) atoms. The number of unbranched alkanes of at least 4 members (excludes halogenated alkanes) is 9. The van der Waals surface area contributed by atoms with Crippen LogP contribution in [-0.4, -0.2) is 109 Å². The molecule has 0 bridgehead atoms. The van der Waals surface area contributed by atoms with Gasteiger partial charge in [-0.3, -0.25) is 28.0 Å². The Hall–Kier alpha value is -2.89. The van der Waals surface area contributed by atoms with E-state index in [1.807, 2.05) is 12.2 Å². The molecule has 0 amide bonds. The molecule has 0 spiro atoms. The van der Waals surface area contributed by atoms with Crippen LogP contribution in [0.5, 0.6) is 0 Å². The molecular formula is C45H74O17P2. The molecule has 1 fully saturated rings. The van der Waals surface area contributed by atoms with Gasteiger partial charge in [0, 0.05) is 19.3 Å². The molecule has 0 aromatic carbocycles. The van der Waals surface area contributed by atoms with Gasteiger partial charge in [-0.25, -0.2) is 9.13 Å². The normalized spacial score (nSPS) is 22.4. The minimum atomic E-state index is -5.39. The van der Waals surface area contributed by atoms with Crippen LogP contribution >= 0.6 is 15.6 Å². The van der Waals surface area contributed by atoms with Gasteiger partial charge in [0.05, 0.1) is 6.61 Å². The maximum Gasteiger partial charge on any atom is 0.472 e. The number of esters is 2. The van der Waals surface area contributed by atoms with Gasteiger partial charge in [0.25, 0.3) is 0 Å². The highest BCUT2D eigenvalue weighted by Crippen LogP contribution is 2.49. The summed E-state index contributed by atoms with van der Waals surface area (Å²) in [5, 5.41) is 41.1. The summed E-state index contributed by atoms with van der Waals surface area (Å²) in [5.41, 5.74) is 0. The number of phosphoric ester groups is 2. The van der Waals surface area contributed by atoms with Crippen molar-refractivity contribution in [2.45, 2.75) is 179 Å². The van der Waals surface area contributed by atoms with E-state index in [1.165, 1.54) is 25.3 Å². The average molecular weight is 949 g/mol. The van der Waals surface area contributed by atoms with Crippen LogP contribution in [0.1, 0.15) is 136 Å². The van der Waals surface area contributed by atoms with Gasteiger partial charge in [0.2, 0.25) is 0 Å². The van der Waals surface area contributed by atoms with E-state index in [2.05, 4.69) is 60.9 Å². The lowest BCUT2D eigenvalue weighted by Gasteiger charge is -2.43. The molecular weight excluding hydrogens is 874 g/mol. The first-order valence-corrected chi connectivity index (χ1v) is 25.5. The molecule has 8 atom stereocenters. The quantitative estimate of drug-likeness (QED) is 0.00814. The van der Waals surface area contributed by atoms with Crippen molar-refractivity contribution in [2.75, 3.05) is 13.2 Å². The van der Waals surface area contributed by atoms with Gasteiger partial charge in [0.1, 0.15) is 43.2 Å². The Kier molecular flexibility index (Phi) is 32.6. The number of ether oxygens (including phenoxy) is 2. The van der Waals surface area contributed by atoms with E-state index < -0.39 is 83.5 Å². The van der Waals surface area contributed by atoms with Crippen molar-refractivity contribution < 1.29 is 81.7 Å². The highest BCUT2D eigenvalue weighted by molar-refractivity contribution is 7.47. The lowest BCUT2D eigenvalue weighted by molar-refractivity contribution is -0.216. The van der Waals surface area contributed by atoms with Crippen molar-refractivity contribution in [3.63, 3.8) is 0 Å². The summed E-state index contributed by atoms with van der Waals surface area (Å²) < 4.78 is 49.0. The van der Waals surface area contributed by atoms with E-state index >= 15 is 0 Å². The number of aliphatic hydroxyl groups is 4. The van der Waals surface area contributed by atoms with Crippen molar-refractivity contribution in [3.8, 4) is 0 Å². The second kappa shape index (κ2) is 35.3. The monoisotopic (exact) mass is 948 g/mol. The van der Waals surface area contributed by atoms with E-state index in [0.717, 1.165) is 64.2 Å². The standard InChI is InChI=1S/C45H74O17P2/c1-3-5-7-9-11-13-15-17-19-21-23-25-27-30-36(46)31-29-33-38(47)58-34-37(60-39(48)32-28-26-24-22-20-18-16-14-12-10-8-6-4-2)35-59-64(56,57)62-45-42(51)40(49)41(50)44(43(45)52)61-63(53,54)55/h8,10-11,13-14,16-17,19,23,25,27,30,37,40-45,49-52H,3-7,9,12,15,18,20-22,24,26,28-29,31-35H2,1-2H3,(H,56,57)(H2,53,54,55)/b10-8-,13-11-,16-14-,19-17-,25-23-,30-27+/t37-,40?,41?,42?,43?,44-,45+/m1/s1. The third-order valence-corrected chi connectivity index (χ3v) is 11.2. The maximum absolute atomic E-state index is 13.0. The van der Waals surface area contributed by atoms with Crippen molar-refractivity contribution in [2.24, 2.45) is 0 Å².